The molecule has 0 saturated heterocycles. The van der Waals surface area contributed by atoms with Gasteiger partial charge in [-0.2, -0.15) is 10.4 Å². The predicted molar refractivity (Wildman–Crippen MR) is 129 cm³/mol. The molecule has 4 rings (SSSR count). The van der Waals surface area contributed by atoms with Crippen molar-refractivity contribution >= 4 is 5.91 Å². The van der Waals surface area contributed by atoms with E-state index in [4.69, 9.17) is 15.1 Å². The van der Waals surface area contributed by atoms with Crippen LogP contribution in [0.4, 0.5) is 0 Å². The van der Waals surface area contributed by atoms with Gasteiger partial charge < -0.3 is 9.64 Å². The average molecular weight is 452 g/mol. The number of methoxy groups -OCH3 is 1. The van der Waals surface area contributed by atoms with Crippen molar-refractivity contribution in [2.45, 2.75) is 19.9 Å². The van der Waals surface area contributed by atoms with Gasteiger partial charge in [0.1, 0.15) is 11.4 Å². The summed E-state index contributed by atoms with van der Waals surface area (Å²) in [6, 6.07) is 23.1. The second-order valence-electron chi connectivity index (χ2n) is 7.89. The summed E-state index contributed by atoms with van der Waals surface area (Å²) in [5.74, 6) is 0.545. The Balaban J connectivity index is 1.76. The first-order valence-electron chi connectivity index (χ1n) is 11.0. The molecule has 2 heterocycles. The lowest BCUT2D eigenvalue weighted by atomic mass is 10.1. The Labute approximate surface area is 198 Å². The molecule has 0 bridgehead atoms. The maximum Gasteiger partial charge on any atom is 0.272 e. The predicted octanol–water partition coefficient (Wildman–Crippen LogP) is 4.81. The third kappa shape index (κ3) is 5.13. The van der Waals surface area contributed by atoms with Crippen molar-refractivity contribution in [3.05, 3.63) is 95.9 Å². The highest BCUT2D eigenvalue weighted by Gasteiger charge is 2.23. The van der Waals surface area contributed by atoms with Crippen LogP contribution in [0, 0.1) is 18.3 Å². The second kappa shape index (κ2) is 10.5. The number of rotatable bonds is 8. The lowest BCUT2D eigenvalue weighted by Crippen LogP contribution is -2.33. The number of amides is 1. The summed E-state index contributed by atoms with van der Waals surface area (Å²) in [5, 5.41) is 13.9. The molecule has 0 aliphatic heterocycles. The number of hydrogen-bond donors (Lipinski definition) is 0. The zero-order chi connectivity index (χ0) is 23.9. The van der Waals surface area contributed by atoms with Crippen LogP contribution in [0.2, 0.25) is 0 Å². The molecule has 7 nitrogen and oxygen atoms in total. The Hall–Kier alpha value is -4.44. The molecule has 2 aromatic carbocycles. The van der Waals surface area contributed by atoms with Crippen LogP contribution in [0.1, 0.15) is 28.0 Å². The van der Waals surface area contributed by atoms with Gasteiger partial charge in [0.15, 0.2) is 0 Å². The number of nitriles is 1. The standard InChI is InChI=1S/C27H25N5O2/c1-20-6-10-23(11-7-20)32-26(17-25(30-32)22-8-12-24(34-2)13-9-22)27(33)31(16-4-14-28)19-21-5-3-15-29-18-21/h3,5-13,15,17-18H,4,16,19H2,1-2H3. The zero-order valence-corrected chi connectivity index (χ0v) is 19.2. The Morgan fingerprint density at radius 3 is 2.53 bits per heavy atom. The number of carbonyl (C=O) groups is 1. The molecular formula is C27H25N5O2. The number of aryl methyl sites for hydroxylation is 1. The number of ether oxygens (including phenoxy) is 1. The third-order valence-electron chi connectivity index (χ3n) is 5.47. The van der Waals surface area contributed by atoms with Crippen LogP contribution in [0.5, 0.6) is 5.75 Å². The Bertz CT molecular complexity index is 1290. The van der Waals surface area contributed by atoms with E-state index in [9.17, 15) is 4.79 Å². The number of hydrogen-bond acceptors (Lipinski definition) is 5. The molecule has 0 radical (unpaired) electrons. The molecular weight excluding hydrogens is 426 g/mol. The molecule has 2 aromatic heterocycles. The Morgan fingerprint density at radius 2 is 1.88 bits per heavy atom. The van der Waals surface area contributed by atoms with Crippen LogP contribution in [-0.4, -0.2) is 39.2 Å². The van der Waals surface area contributed by atoms with Crippen LogP contribution in [0.25, 0.3) is 16.9 Å². The van der Waals surface area contributed by atoms with E-state index >= 15 is 0 Å². The molecule has 0 fully saturated rings. The molecule has 0 aliphatic rings. The van der Waals surface area contributed by atoms with Crippen LogP contribution < -0.4 is 4.74 Å². The molecule has 1 amide bonds. The quantitative estimate of drug-likeness (QED) is 0.384. The summed E-state index contributed by atoms with van der Waals surface area (Å²) in [5.41, 5.74) is 4.77. The van der Waals surface area contributed by atoms with Gasteiger partial charge in [-0.05, 0) is 61.0 Å². The molecule has 170 valence electrons. The smallest absolute Gasteiger partial charge is 0.272 e. The van der Waals surface area contributed by atoms with Crippen molar-refractivity contribution < 1.29 is 9.53 Å². The summed E-state index contributed by atoms with van der Waals surface area (Å²) in [6.07, 6.45) is 3.65. The molecule has 4 aromatic rings. The van der Waals surface area contributed by atoms with Gasteiger partial charge in [-0.1, -0.05) is 23.8 Å². The van der Waals surface area contributed by atoms with Gasteiger partial charge in [0.2, 0.25) is 0 Å². The Morgan fingerprint density at radius 1 is 1.12 bits per heavy atom. The highest BCUT2D eigenvalue weighted by Crippen LogP contribution is 2.25. The van der Waals surface area contributed by atoms with Gasteiger partial charge in [0.05, 0.1) is 31.0 Å². The van der Waals surface area contributed by atoms with E-state index < -0.39 is 0 Å². The van der Waals surface area contributed by atoms with E-state index in [1.165, 1.54) is 0 Å². The summed E-state index contributed by atoms with van der Waals surface area (Å²) in [4.78, 5) is 19.6. The fraction of sp³-hybridized carbons (Fsp3) is 0.185. The summed E-state index contributed by atoms with van der Waals surface area (Å²) in [7, 11) is 1.62. The second-order valence-corrected chi connectivity index (χ2v) is 7.89. The molecule has 0 atom stereocenters. The molecule has 0 N–H and O–H groups in total. The third-order valence-corrected chi connectivity index (χ3v) is 5.47. The Kier molecular flexibility index (Phi) is 6.99. The summed E-state index contributed by atoms with van der Waals surface area (Å²) < 4.78 is 6.93. The minimum absolute atomic E-state index is 0.202. The summed E-state index contributed by atoms with van der Waals surface area (Å²) in [6.45, 7) is 2.67. The van der Waals surface area contributed by atoms with Crippen molar-refractivity contribution in [1.82, 2.24) is 19.7 Å². The first-order chi connectivity index (χ1) is 16.6. The maximum absolute atomic E-state index is 13.8. The lowest BCUT2D eigenvalue weighted by Gasteiger charge is -2.22. The molecule has 0 unspecified atom stereocenters. The van der Waals surface area contributed by atoms with Crippen LogP contribution in [-0.2, 0) is 6.54 Å². The van der Waals surface area contributed by atoms with Gasteiger partial charge in [-0.15, -0.1) is 0 Å². The average Bonchev–Trinajstić information content (AvgIpc) is 3.32. The van der Waals surface area contributed by atoms with E-state index in [0.717, 1.165) is 28.1 Å². The number of benzene rings is 2. The first-order valence-corrected chi connectivity index (χ1v) is 11.0. The first kappa shape index (κ1) is 22.7. The van der Waals surface area contributed by atoms with E-state index in [1.54, 1.807) is 35.2 Å². The van der Waals surface area contributed by atoms with Gasteiger partial charge in [-0.3, -0.25) is 9.78 Å². The number of carbonyl (C=O) groups excluding carboxylic acids is 1. The summed E-state index contributed by atoms with van der Waals surface area (Å²) >= 11 is 0. The fourth-order valence-corrected chi connectivity index (χ4v) is 3.63. The van der Waals surface area contributed by atoms with Crippen molar-refractivity contribution in [2.75, 3.05) is 13.7 Å². The normalized spacial score (nSPS) is 10.5. The highest BCUT2D eigenvalue weighted by molar-refractivity contribution is 5.94. The molecule has 34 heavy (non-hydrogen) atoms. The van der Waals surface area contributed by atoms with Crippen LogP contribution in [0.3, 0.4) is 0 Å². The fourth-order valence-electron chi connectivity index (χ4n) is 3.63. The SMILES string of the molecule is COc1ccc(-c2cc(C(=O)N(CCC#N)Cc3cccnc3)n(-c3ccc(C)cc3)n2)cc1. The highest BCUT2D eigenvalue weighted by atomic mass is 16.5. The molecule has 0 saturated carbocycles. The van der Waals surface area contributed by atoms with E-state index in [0.29, 0.717) is 24.5 Å². The van der Waals surface area contributed by atoms with E-state index in [-0.39, 0.29) is 12.3 Å². The van der Waals surface area contributed by atoms with Crippen LogP contribution >= 0.6 is 0 Å². The van der Waals surface area contributed by atoms with Gasteiger partial charge in [-0.25, -0.2) is 4.68 Å². The van der Waals surface area contributed by atoms with Crippen molar-refractivity contribution in [3.63, 3.8) is 0 Å². The number of aromatic nitrogens is 3. The molecule has 0 aliphatic carbocycles. The minimum atomic E-state index is -0.202. The van der Waals surface area contributed by atoms with Crippen LogP contribution in [0.15, 0.2) is 79.1 Å². The topological polar surface area (TPSA) is 84.0 Å². The largest absolute Gasteiger partial charge is 0.497 e. The zero-order valence-electron chi connectivity index (χ0n) is 19.2. The van der Waals surface area contributed by atoms with Gasteiger partial charge in [0, 0.05) is 31.0 Å². The van der Waals surface area contributed by atoms with Crippen molar-refractivity contribution in [2.24, 2.45) is 0 Å². The minimum Gasteiger partial charge on any atom is -0.497 e. The molecule has 0 spiro atoms. The van der Waals surface area contributed by atoms with Gasteiger partial charge in [0.25, 0.3) is 5.91 Å². The lowest BCUT2D eigenvalue weighted by molar-refractivity contribution is 0.0737. The van der Waals surface area contributed by atoms with E-state index in [2.05, 4.69) is 11.1 Å². The monoisotopic (exact) mass is 451 g/mol. The molecule has 7 heteroatoms. The number of nitrogens with zero attached hydrogens (tertiary/aromatic N) is 5. The van der Waals surface area contributed by atoms with Crippen molar-refractivity contribution in [3.8, 4) is 28.8 Å². The van der Waals surface area contributed by atoms with Crippen molar-refractivity contribution in [1.29, 1.82) is 5.26 Å². The maximum atomic E-state index is 13.8. The number of pyridine rings is 1. The van der Waals surface area contributed by atoms with Gasteiger partial charge >= 0.3 is 0 Å². The van der Waals surface area contributed by atoms with E-state index in [1.807, 2.05) is 67.6 Å².